The van der Waals surface area contributed by atoms with E-state index in [1.54, 1.807) is 12.1 Å². The molecule has 98 valence electrons. The van der Waals surface area contributed by atoms with Crippen molar-refractivity contribution >= 4 is 0 Å². The Morgan fingerprint density at radius 2 is 2.06 bits per heavy atom. The highest BCUT2D eigenvalue weighted by Gasteiger charge is 2.55. The van der Waals surface area contributed by atoms with E-state index in [-0.39, 0.29) is 5.82 Å². The second-order valence-electron chi connectivity index (χ2n) is 5.50. The third-order valence-corrected chi connectivity index (χ3v) is 4.70. The highest BCUT2D eigenvalue weighted by Crippen LogP contribution is 2.62. The summed E-state index contributed by atoms with van der Waals surface area (Å²) >= 11 is 0. The molecule has 1 N–H and O–H groups in total. The van der Waals surface area contributed by atoms with Crippen LogP contribution in [0.2, 0.25) is 0 Å². The summed E-state index contributed by atoms with van der Waals surface area (Å²) < 4.78 is 18.7. The van der Waals surface area contributed by atoms with E-state index in [1.807, 2.05) is 13.1 Å². The van der Waals surface area contributed by atoms with Gasteiger partial charge in [-0.15, -0.1) is 0 Å². The maximum atomic E-state index is 13.8. The zero-order chi connectivity index (χ0) is 12.7. The van der Waals surface area contributed by atoms with Gasteiger partial charge in [0.25, 0.3) is 0 Å². The molecule has 1 aromatic carbocycles. The SMILES string of the molecule is CNC(c1ccc(OC)c(F)c1)C1C2CCCC21. The number of hydrogen-bond donors (Lipinski definition) is 1. The first-order valence-electron chi connectivity index (χ1n) is 6.77. The van der Waals surface area contributed by atoms with Gasteiger partial charge >= 0.3 is 0 Å². The molecule has 2 aliphatic carbocycles. The van der Waals surface area contributed by atoms with Gasteiger partial charge in [-0.05, 0) is 55.3 Å². The van der Waals surface area contributed by atoms with Crippen LogP contribution in [0.1, 0.15) is 30.9 Å². The number of halogens is 1. The lowest BCUT2D eigenvalue weighted by atomic mass is 9.97. The average molecular weight is 249 g/mol. The van der Waals surface area contributed by atoms with Gasteiger partial charge in [0.15, 0.2) is 11.6 Å². The van der Waals surface area contributed by atoms with Gasteiger partial charge in [0, 0.05) is 6.04 Å². The zero-order valence-corrected chi connectivity index (χ0v) is 10.9. The van der Waals surface area contributed by atoms with Crippen molar-refractivity contribution in [3.05, 3.63) is 29.6 Å². The van der Waals surface area contributed by atoms with E-state index in [0.29, 0.717) is 17.7 Å². The van der Waals surface area contributed by atoms with Gasteiger partial charge in [-0.1, -0.05) is 12.5 Å². The van der Waals surface area contributed by atoms with Crippen molar-refractivity contribution in [1.29, 1.82) is 0 Å². The highest BCUT2D eigenvalue weighted by molar-refractivity contribution is 5.32. The van der Waals surface area contributed by atoms with Crippen LogP contribution in [0.25, 0.3) is 0 Å². The molecule has 2 fully saturated rings. The fraction of sp³-hybridized carbons (Fsp3) is 0.600. The van der Waals surface area contributed by atoms with Crippen molar-refractivity contribution < 1.29 is 9.13 Å². The fourth-order valence-electron chi connectivity index (χ4n) is 3.83. The summed E-state index contributed by atoms with van der Waals surface area (Å²) in [5, 5.41) is 3.37. The Hall–Kier alpha value is -1.09. The Kier molecular flexibility index (Phi) is 3.02. The second-order valence-corrected chi connectivity index (χ2v) is 5.50. The van der Waals surface area contributed by atoms with Crippen molar-refractivity contribution in [1.82, 2.24) is 5.32 Å². The average Bonchev–Trinajstić information content (AvgIpc) is 2.85. The van der Waals surface area contributed by atoms with Gasteiger partial charge in [0.2, 0.25) is 0 Å². The summed E-state index contributed by atoms with van der Waals surface area (Å²) in [6.45, 7) is 0. The van der Waals surface area contributed by atoms with Crippen LogP contribution in [0.3, 0.4) is 0 Å². The van der Waals surface area contributed by atoms with E-state index in [2.05, 4.69) is 5.32 Å². The van der Waals surface area contributed by atoms with Crippen LogP contribution in [0.4, 0.5) is 4.39 Å². The second kappa shape index (κ2) is 4.54. The van der Waals surface area contributed by atoms with Crippen molar-refractivity contribution in [3.8, 4) is 5.75 Å². The third kappa shape index (κ3) is 1.81. The van der Waals surface area contributed by atoms with Crippen molar-refractivity contribution in [2.45, 2.75) is 25.3 Å². The molecule has 2 saturated carbocycles. The van der Waals surface area contributed by atoms with Crippen LogP contribution in [-0.4, -0.2) is 14.2 Å². The molecule has 3 rings (SSSR count). The summed E-state index contributed by atoms with van der Waals surface area (Å²) in [4.78, 5) is 0. The van der Waals surface area contributed by atoms with E-state index in [1.165, 1.54) is 26.4 Å². The molecule has 0 saturated heterocycles. The third-order valence-electron chi connectivity index (χ3n) is 4.70. The van der Waals surface area contributed by atoms with E-state index in [9.17, 15) is 4.39 Å². The Morgan fingerprint density at radius 1 is 1.33 bits per heavy atom. The molecule has 3 atom stereocenters. The first kappa shape index (κ1) is 12.0. The number of hydrogen-bond acceptors (Lipinski definition) is 2. The summed E-state index contributed by atoms with van der Waals surface area (Å²) in [5.41, 5.74) is 1.05. The number of rotatable bonds is 4. The fourth-order valence-corrected chi connectivity index (χ4v) is 3.83. The van der Waals surface area contributed by atoms with Crippen LogP contribution < -0.4 is 10.1 Å². The minimum absolute atomic E-state index is 0.263. The standard InChI is InChI=1S/C15H20FNO/c1-17-15(14-10-4-3-5-11(10)14)9-6-7-13(18-2)12(16)8-9/h6-8,10-11,14-15,17H,3-5H2,1-2H3. The van der Waals surface area contributed by atoms with Crippen LogP contribution in [0, 0.1) is 23.6 Å². The summed E-state index contributed by atoms with van der Waals surface area (Å²) in [5.74, 6) is 2.50. The lowest BCUT2D eigenvalue weighted by molar-refractivity contribution is 0.384. The van der Waals surface area contributed by atoms with Gasteiger partial charge in [-0.25, -0.2) is 4.39 Å². The van der Waals surface area contributed by atoms with Gasteiger partial charge in [-0.2, -0.15) is 0 Å². The molecule has 0 amide bonds. The molecule has 1 aromatic rings. The molecule has 0 spiro atoms. The zero-order valence-electron chi connectivity index (χ0n) is 10.9. The first-order chi connectivity index (χ1) is 8.76. The Balaban J connectivity index is 1.82. The van der Waals surface area contributed by atoms with Crippen molar-refractivity contribution in [2.24, 2.45) is 17.8 Å². The molecule has 0 heterocycles. The molecule has 2 nitrogen and oxygen atoms in total. The number of ether oxygens (including phenoxy) is 1. The number of methoxy groups -OCH3 is 1. The summed E-state index contributed by atoms with van der Waals surface area (Å²) in [6, 6.07) is 5.62. The monoisotopic (exact) mass is 249 g/mol. The van der Waals surface area contributed by atoms with E-state index in [0.717, 1.165) is 17.4 Å². The highest BCUT2D eigenvalue weighted by atomic mass is 19.1. The maximum absolute atomic E-state index is 13.8. The van der Waals surface area contributed by atoms with Crippen LogP contribution in [-0.2, 0) is 0 Å². The summed E-state index contributed by atoms with van der Waals surface area (Å²) in [6.07, 6.45) is 4.08. The molecule has 0 aliphatic heterocycles. The van der Waals surface area contributed by atoms with Gasteiger partial charge < -0.3 is 10.1 Å². The van der Waals surface area contributed by atoms with E-state index < -0.39 is 0 Å². The number of fused-ring (bicyclic) bond motifs is 1. The molecular formula is C15H20FNO. The van der Waals surface area contributed by atoms with Crippen LogP contribution in [0.5, 0.6) is 5.75 Å². The van der Waals surface area contributed by atoms with Gasteiger partial charge in [0.05, 0.1) is 7.11 Å². The first-order valence-corrected chi connectivity index (χ1v) is 6.77. The molecule has 2 aliphatic rings. The predicted octanol–water partition coefficient (Wildman–Crippen LogP) is 3.14. The van der Waals surface area contributed by atoms with Gasteiger partial charge in [-0.3, -0.25) is 0 Å². The number of benzene rings is 1. The Labute approximate surface area is 108 Å². The molecule has 18 heavy (non-hydrogen) atoms. The van der Waals surface area contributed by atoms with Crippen molar-refractivity contribution in [2.75, 3.05) is 14.2 Å². The Bertz CT molecular complexity index is 438. The normalized spacial score (nSPS) is 30.9. The largest absolute Gasteiger partial charge is 0.494 e. The molecule has 0 radical (unpaired) electrons. The van der Waals surface area contributed by atoms with Crippen molar-refractivity contribution in [3.63, 3.8) is 0 Å². The smallest absolute Gasteiger partial charge is 0.165 e. The predicted molar refractivity (Wildman–Crippen MR) is 69.1 cm³/mol. The minimum atomic E-state index is -0.263. The van der Waals surface area contributed by atoms with Crippen LogP contribution >= 0.6 is 0 Å². The number of nitrogens with one attached hydrogen (secondary N) is 1. The summed E-state index contributed by atoms with van der Waals surface area (Å²) in [7, 11) is 3.47. The molecule has 0 aromatic heterocycles. The molecule has 3 unspecified atom stereocenters. The molecular weight excluding hydrogens is 229 g/mol. The minimum Gasteiger partial charge on any atom is -0.494 e. The van der Waals surface area contributed by atoms with Crippen LogP contribution in [0.15, 0.2) is 18.2 Å². The molecule has 0 bridgehead atoms. The van der Waals surface area contributed by atoms with E-state index >= 15 is 0 Å². The Morgan fingerprint density at radius 3 is 2.61 bits per heavy atom. The van der Waals surface area contributed by atoms with Gasteiger partial charge in [0.1, 0.15) is 0 Å². The lowest BCUT2D eigenvalue weighted by Crippen LogP contribution is -2.20. The quantitative estimate of drug-likeness (QED) is 0.885. The van der Waals surface area contributed by atoms with E-state index in [4.69, 9.17) is 4.74 Å². The lowest BCUT2D eigenvalue weighted by Gasteiger charge is -2.19. The topological polar surface area (TPSA) is 21.3 Å². The molecule has 3 heteroatoms. The maximum Gasteiger partial charge on any atom is 0.165 e.